The van der Waals surface area contributed by atoms with Gasteiger partial charge >= 0.3 is 0 Å². The highest BCUT2D eigenvalue weighted by Gasteiger charge is 2.29. The molecule has 0 aromatic heterocycles. The van der Waals surface area contributed by atoms with Crippen LogP contribution in [0.3, 0.4) is 0 Å². The van der Waals surface area contributed by atoms with Crippen molar-refractivity contribution in [3.8, 4) is 5.75 Å². The van der Waals surface area contributed by atoms with Gasteiger partial charge in [-0.1, -0.05) is 0 Å². The second-order valence-electron chi connectivity index (χ2n) is 6.16. The van der Waals surface area contributed by atoms with Gasteiger partial charge in [0.25, 0.3) is 5.91 Å². The van der Waals surface area contributed by atoms with Crippen LogP contribution in [-0.2, 0) is 4.79 Å². The molecule has 1 heterocycles. The lowest BCUT2D eigenvalue weighted by atomic mass is 10.1. The summed E-state index contributed by atoms with van der Waals surface area (Å²) in [5, 5.41) is 0. The van der Waals surface area contributed by atoms with Crippen molar-refractivity contribution in [1.82, 2.24) is 9.80 Å². The minimum absolute atomic E-state index is 0.0809. The molecule has 0 radical (unpaired) electrons. The molecule has 1 aromatic rings. The molecule has 24 heavy (non-hydrogen) atoms. The summed E-state index contributed by atoms with van der Waals surface area (Å²) in [5.74, 6) is -0.293. The fourth-order valence-electron chi connectivity index (χ4n) is 2.82. The van der Waals surface area contributed by atoms with Crippen LogP contribution in [0, 0.1) is 11.7 Å². The van der Waals surface area contributed by atoms with Crippen LogP contribution < -0.4 is 10.5 Å². The van der Waals surface area contributed by atoms with Gasteiger partial charge in [-0.2, -0.15) is 0 Å². The number of rotatable bonds is 7. The summed E-state index contributed by atoms with van der Waals surface area (Å²) in [5.41, 5.74) is 5.62. The average Bonchev–Trinajstić information content (AvgIpc) is 2.86. The molecule has 0 bridgehead atoms. The number of hydrogen-bond acceptors (Lipinski definition) is 4. The van der Waals surface area contributed by atoms with Gasteiger partial charge in [-0.25, -0.2) is 4.39 Å². The Kier molecular flexibility index (Phi) is 6.14. The summed E-state index contributed by atoms with van der Waals surface area (Å²) in [7, 11) is 3.40. The molecule has 0 spiro atoms. The van der Waals surface area contributed by atoms with E-state index in [9.17, 15) is 14.0 Å². The fourth-order valence-corrected chi connectivity index (χ4v) is 2.82. The monoisotopic (exact) mass is 337 g/mol. The summed E-state index contributed by atoms with van der Waals surface area (Å²) < 4.78 is 19.1. The van der Waals surface area contributed by atoms with Crippen molar-refractivity contribution in [2.45, 2.75) is 12.8 Å². The summed E-state index contributed by atoms with van der Waals surface area (Å²) >= 11 is 0. The second-order valence-corrected chi connectivity index (χ2v) is 6.16. The number of hydrogen-bond donors (Lipinski definition) is 1. The van der Waals surface area contributed by atoms with E-state index in [1.807, 2.05) is 0 Å². The summed E-state index contributed by atoms with van der Waals surface area (Å²) in [6.45, 7) is 1.91. The molecular weight excluding hydrogens is 313 g/mol. The van der Waals surface area contributed by atoms with E-state index in [0.29, 0.717) is 44.8 Å². The van der Waals surface area contributed by atoms with Gasteiger partial charge < -0.3 is 20.3 Å². The standard InChI is InChI=1S/C17H24FN3O3/c1-20-10-12(8-16(20)22)11-21(2)17(23)14-9-13(18)4-5-15(14)24-7-3-6-19/h4-5,9,12H,3,6-8,10-11,19H2,1-2H3/t12-/m1/s1. The lowest BCUT2D eigenvalue weighted by molar-refractivity contribution is -0.126. The van der Waals surface area contributed by atoms with Gasteiger partial charge in [0, 0.05) is 39.5 Å². The molecule has 1 saturated heterocycles. The zero-order valence-corrected chi connectivity index (χ0v) is 14.1. The maximum absolute atomic E-state index is 13.6. The molecule has 0 aliphatic carbocycles. The van der Waals surface area contributed by atoms with E-state index in [0.717, 1.165) is 0 Å². The zero-order valence-electron chi connectivity index (χ0n) is 14.1. The van der Waals surface area contributed by atoms with E-state index in [4.69, 9.17) is 10.5 Å². The van der Waals surface area contributed by atoms with Crippen molar-refractivity contribution in [3.63, 3.8) is 0 Å². The smallest absolute Gasteiger partial charge is 0.257 e. The highest BCUT2D eigenvalue weighted by molar-refractivity contribution is 5.96. The van der Waals surface area contributed by atoms with E-state index in [1.165, 1.54) is 23.1 Å². The molecule has 0 unspecified atom stereocenters. The molecule has 7 heteroatoms. The summed E-state index contributed by atoms with van der Waals surface area (Å²) in [6, 6.07) is 3.90. The van der Waals surface area contributed by atoms with Crippen LogP contribution in [0.25, 0.3) is 0 Å². The van der Waals surface area contributed by atoms with Gasteiger partial charge in [-0.15, -0.1) is 0 Å². The lowest BCUT2D eigenvalue weighted by Gasteiger charge is -2.22. The van der Waals surface area contributed by atoms with Gasteiger partial charge in [0.1, 0.15) is 11.6 Å². The molecule has 0 saturated carbocycles. The van der Waals surface area contributed by atoms with Crippen LogP contribution in [0.5, 0.6) is 5.75 Å². The maximum Gasteiger partial charge on any atom is 0.257 e. The van der Waals surface area contributed by atoms with Crippen LogP contribution in [0.1, 0.15) is 23.2 Å². The van der Waals surface area contributed by atoms with Crippen molar-refractivity contribution in [2.75, 3.05) is 40.3 Å². The van der Waals surface area contributed by atoms with E-state index < -0.39 is 5.82 Å². The number of amides is 2. The number of nitrogens with two attached hydrogens (primary N) is 1. The Morgan fingerprint density at radius 1 is 1.50 bits per heavy atom. The Morgan fingerprint density at radius 2 is 2.25 bits per heavy atom. The zero-order chi connectivity index (χ0) is 17.7. The molecule has 2 rings (SSSR count). The van der Waals surface area contributed by atoms with Crippen molar-refractivity contribution >= 4 is 11.8 Å². The highest BCUT2D eigenvalue weighted by Crippen LogP contribution is 2.23. The molecule has 2 amide bonds. The molecular formula is C17H24FN3O3. The molecule has 2 N–H and O–H groups in total. The Morgan fingerprint density at radius 3 is 2.88 bits per heavy atom. The Bertz CT molecular complexity index is 609. The quantitative estimate of drug-likeness (QED) is 0.756. The molecule has 6 nitrogen and oxygen atoms in total. The van der Waals surface area contributed by atoms with Crippen LogP contribution >= 0.6 is 0 Å². The third-order valence-corrected chi connectivity index (χ3v) is 4.08. The van der Waals surface area contributed by atoms with Crippen molar-refractivity contribution in [3.05, 3.63) is 29.6 Å². The Balaban J connectivity index is 2.07. The minimum atomic E-state index is -0.492. The van der Waals surface area contributed by atoms with Crippen LogP contribution in [-0.4, -0.2) is 62.0 Å². The number of nitrogens with zero attached hydrogens (tertiary/aromatic N) is 2. The third-order valence-electron chi connectivity index (χ3n) is 4.08. The predicted octanol–water partition coefficient (Wildman–Crippen LogP) is 1.10. The number of benzene rings is 1. The lowest BCUT2D eigenvalue weighted by Crippen LogP contribution is -2.33. The first-order valence-electron chi connectivity index (χ1n) is 8.04. The largest absolute Gasteiger partial charge is 0.493 e. The van der Waals surface area contributed by atoms with Crippen molar-refractivity contribution in [2.24, 2.45) is 11.7 Å². The molecule has 1 aliphatic heterocycles. The molecule has 1 aromatic carbocycles. The molecule has 1 aliphatic rings. The van der Waals surface area contributed by atoms with Crippen LogP contribution in [0.2, 0.25) is 0 Å². The minimum Gasteiger partial charge on any atom is -0.493 e. The maximum atomic E-state index is 13.6. The average molecular weight is 337 g/mol. The predicted molar refractivity (Wildman–Crippen MR) is 88.3 cm³/mol. The first kappa shape index (κ1) is 18.2. The molecule has 1 fully saturated rings. The number of ether oxygens (including phenoxy) is 1. The van der Waals surface area contributed by atoms with Gasteiger partial charge in [0.15, 0.2) is 0 Å². The number of carbonyl (C=O) groups is 2. The first-order chi connectivity index (χ1) is 11.4. The van der Waals surface area contributed by atoms with Crippen LogP contribution in [0.4, 0.5) is 4.39 Å². The normalized spacial score (nSPS) is 17.2. The third kappa shape index (κ3) is 4.44. The fraction of sp³-hybridized carbons (Fsp3) is 0.529. The molecule has 132 valence electrons. The van der Waals surface area contributed by atoms with Gasteiger partial charge in [0.2, 0.25) is 5.91 Å². The topological polar surface area (TPSA) is 75.9 Å². The SMILES string of the molecule is CN1C[C@H](CN(C)C(=O)c2cc(F)ccc2OCCCN)CC1=O. The van der Waals surface area contributed by atoms with Gasteiger partial charge in [-0.05, 0) is 31.2 Å². The summed E-state index contributed by atoms with van der Waals surface area (Å²) in [4.78, 5) is 27.4. The number of carbonyl (C=O) groups excluding carboxylic acids is 2. The van der Waals surface area contributed by atoms with E-state index in [-0.39, 0.29) is 23.3 Å². The Labute approximate surface area is 141 Å². The number of likely N-dealkylation sites (tertiary alicyclic amines) is 1. The van der Waals surface area contributed by atoms with E-state index >= 15 is 0 Å². The second kappa shape index (κ2) is 8.10. The Hall–Kier alpha value is -2.15. The number of halogens is 1. The van der Waals surface area contributed by atoms with Crippen molar-refractivity contribution < 1.29 is 18.7 Å². The van der Waals surface area contributed by atoms with Crippen LogP contribution in [0.15, 0.2) is 18.2 Å². The first-order valence-corrected chi connectivity index (χ1v) is 8.04. The van der Waals surface area contributed by atoms with E-state index in [1.54, 1.807) is 19.0 Å². The van der Waals surface area contributed by atoms with Gasteiger partial charge in [-0.3, -0.25) is 9.59 Å². The van der Waals surface area contributed by atoms with Crippen molar-refractivity contribution in [1.29, 1.82) is 0 Å². The molecule has 1 atom stereocenters. The van der Waals surface area contributed by atoms with E-state index in [2.05, 4.69) is 0 Å². The summed E-state index contributed by atoms with van der Waals surface area (Å²) in [6.07, 6.45) is 1.08. The highest BCUT2D eigenvalue weighted by atomic mass is 19.1. The van der Waals surface area contributed by atoms with Gasteiger partial charge in [0.05, 0.1) is 12.2 Å².